The summed E-state index contributed by atoms with van der Waals surface area (Å²) in [6, 6.07) is 6.07. The van der Waals surface area contributed by atoms with Gasteiger partial charge >= 0.3 is 11.7 Å². The van der Waals surface area contributed by atoms with Gasteiger partial charge in [0, 0.05) is 54.3 Å². The van der Waals surface area contributed by atoms with Crippen LogP contribution in [0.25, 0.3) is 11.0 Å². The highest BCUT2D eigenvalue weighted by Crippen LogP contribution is 2.25. The molecule has 0 aliphatic carbocycles. The summed E-state index contributed by atoms with van der Waals surface area (Å²) in [6.45, 7) is 15.8. The first kappa shape index (κ1) is 22.8. The fraction of sp³-hybridized carbons (Fsp3) is 0.565. The number of fused-ring (bicyclic) bond motifs is 1. The van der Waals surface area contributed by atoms with E-state index in [4.69, 9.17) is 9.15 Å². The molecule has 6 nitrogen and oxygen atoms in total. The van der Waals surface area contributed by atoms with E-state index in [1.165, 1.54) is 0 Å². The molecule has 1 aromatic heterocycles. The first-order chi connectivity index (χ1) is 13.7. The van der Waals surface area contributed by atoms with Gasteiger partial charge < -0.3 is 19.0 Å². The fourth-order valence-electron chi connectivity index (χ4n) is 3.79. The van der Waals surface area contributed by atoms with Gasteiger partial charge in [0.05, 0.1) is 6.61 Å². The minimum atomic E-state index is -0.368. The molecule has 0 aliphatic rings. The second-order valence-electron chi connectivity index (χ2n) is 7.80. The van der Waals surface area contributed by atoms with Crippen molar-refractivity contribution in [1.82, 2.24) is 4.90 Å². The van der Waals surface area contributed by atoms with E-state index < -0.39 is 0 Å². The van der Waals surface area contributed by atoms with Gasteiger partial charge in [0.15, 0.2) is 0 Å². The van der Waals surface area contributed by atoms with Gasteiger partial charge in [-0.25, -0.2) is 9.59 Å². The van der Waals surface area contributed by atoms with Gasteiger partial charge in [-0.1, -0.05) is 0 Å². The van der Waals surface area contributed by atoms with Crippen molar-refractivity contribution in [2.45, 2.75) is 67.0 Å². The SMILES string of the molecule is CCN(CC)c1ccc2c(C)c(CCOC(=O)N(C(C)C)C(C)C)c(=O)oc2c1. The minimum absolute atomic E-state index is 0.0509. The highest BCUT2D eigenvalue weighted by atomic mass is 16.6. The molecule has 0 unspecified atom stereocenters. The van der Waals surface area contributed by atoms with Crippen LogP contribution in [-0.2, 0) is 11.2 Å². The Bertz CT molecular complexity index is 890. The average molecular weight is 403 g/mol. The number of aryl methyl sites for hydroxylation is 1. The van der Waals surface area contributed by atoms with E-state index in [9.17, 15) is 9.59 Å². The third-order valence-corrected chi connectivity index (χ3v) is 5.30. The van der Waals surface area contributed by atoms with Gasteiger partial charge in [-0.05, 0) is 66.2 Å². The van der Waals surface area contributed by atoms with Crippen LogP contribution in [0, 0.1) is 6.92 Å². The maximum Gasteiger partial charge on any atom is 0.410 e. The van der Waals surface area contributed by atoms with Gasteiger partial charge in [-0.3, -0.25) is 0 Å². The summed E-state index contributed by atoms with van der Waals surface area (Å²) in [7, 11) is 0. The largest absolute Gasteiger partial charge is 0.449 e. The Morgan fingerprint density at radius 1 is 1.10 bits per heavy atom. The number of benzene rings is 1. The highest BCUT2D eigenvalue weighted by Gasteiger charge is 2.22. The monoisotopic (exact) mass is 402 g/mol. The molecule has 0 atom stereocenters. The summed E-state index contributed by atoms with van der Waals surface area (Å²) in [6.07, 6.45) is -0.0285. The van der Waals surface area contributed by atoms with Crippen molar-refractivity contribution in [3.63, 3.8) is 0 Å². The second kappa shape index (κ2) is 9.81. The molecule has 29 heavy (non-hydrogen) atoms. The summed E-state index contributed by atoms with van der Waals surface area (Å²) in [5, 5.41) is 0.910. The highest BCUT2D eigenvalue weighted by molar-refractivity contribution is 5.84. The molecule has 0 radical (unpaired) electrons. The zero-order valence-electron chi connectivity index (χ0n) is 18.7. The molecule has 6 heteroatoms. The standard InChI is InChI=1S/C23H34N2O4/c1-8-24(9-2)18-10-11-19-17(7)20(22(26)29-21(19)14-18)12-13-28-23(27)25(15(3)4)16(5)6/h10-11,14-16H,8-9,12-13H2,1-7H3. The Labute approximate surface area is 173 Å². The molecule has 0 N–H and O–H groups in total. The first-order valence-corrected chi connectivity index (χ1v) is 10.5. The number of amides is 1. The normalized spacial score (nSPS) is 11.3. The quantitative estimate of drug-likeness (QED) is 0.597. The smallest absolute Gasteiger partial charge is 0.410 e. The van der Waals surface area contributed by atoms with Crippen molar-refractivity contribution in [3.8, 4) is 0 Å². The van der Waals surface area contributed by atoms with Gasteiger partial charge in [0.2, 0.25) is 0 Å². The number of carbonyl (C=O) groups excluding carboxylic acids is 1. The van der Waals surface area contributed by atoms with Gasteiger partial charge in [-0.15, -0.1) is 0 Å². The Morgan fingerprint density at radius 3 is 2.28 bits per heavy atom. The lowest BCUT2D eigenvalue weighted by Crippen LogP contribution is -2.42. The van der Waals surface area contributed by atoms with Crippen molar-refractivity contribution < 1.29 is 13.9 Å². The summed E-state index contributed by atoms with van der Waals surface area (Å²) in [5.74, 6) is 0. The van der Waals surface area contributed by atoms with Crippen LogP contribution >= 0.6 is 0 Å². The molecule has 0 aliphatic heterocycles. The number of hydrogen-bond donors (Lipinski definition) is 0. The minimum Gasteiger partial charge on any atom is -0.449 e. The fourth-order valence-corrected chi connectivity index (χ4v) is 3.79. The molecule has 1 aromatic carbocycles. The number of nitrogens with zero attached hydrogens (tertiary/aromatic N) is 2. The van der Waals surface area contributed by atoms with Crippen LogP contribution in [0.2, 0.25) is 0 Å². The Morgan fingerprint density at radius 2 is 1.72 bits per heavy atom. The number of carbonyl (C=O) groups is 1. The molecular formula is C23H34N2O4. The van der Waals surface area contributed by atoms with E-state index in [-0.39, 0.29) is 30.4 Å². The molecular weight excluding hydrogens is 368 g/mol. The summed E-state index contributed by atoms with van der Waals surface area (Å²) in [5.41, 5.74) is 2.69. The topological polar surface area (TPSA) is 63.0 Å². The third kappa shape index (κ3) is 5.11. The van der Waals surface area contributed by atoms with Crippen molar-refractivity contribution in [2.24, 2.45) is 0 Å². The molecule has 0 saturated heterocycles. The number of hydrogen-bond acceptors (Lipinski definition) is 5. The first-order valence-electron chi connectivity index (χ1n) is 10.5. The Hall–Kier alpha value is -2.50. The predicted octanol–water partition coefficient (Wildman–Crippen LogP) is 4.75. The van der Waals surface area contributed by atoms with Gasteiger partial charge in [-0.2, -0.15) is 0 Å². The lowest BCUT2D eigenvalue weighted by atomic mass is 10.0. The number of rotatable bonds is 8. The zero-order chi connectivity index (χ0) is 21.7. The van der Waals surface area contributed by atoms with Crippen molar-refractivity contribution in [2.75, 3.05) is 24.6 Å². The molecule has 160 valence electrons. The summed E-state index contributed by atoms with van der Waals surface area (Å²) < 4.78 is 11.0. The van der Waals surface area contributed by atoms with Crippen LogP contribution in [0.5, 0.6) is 0 Å². The van der Waals surface area contributed by atoms with Crippen LogP contribution in [0.4, 0.5) is 10.5 Å². The molecule has 1 amide bonds. The van der Waals surface area contributed by atoms with E-state index in [0.717, 1.165) is 29.7 Å². The van der Waals surface area contributed by atoms with E-state index in [1.807, 2.05) is 46.8 Å². The number of ether oxygens (including phenoxy) is 1. The molecule has 0 bridgehead atoms. The second-order valence-corrected chi connectivity index (χ2v) is 7.80. The molecule has 0 saturated carbocycles. The zero-order valence-corrected chi connectivity index (χ0v) is 18.7. The van der Waals surface area contributed by atoms with E-state index in [2.05, 4.69) is 24.8 Å². The molecule has 2 rings (SSSR count). The van der Waals surface area contributed by atoms with Crippen LogP contribution in [0.15, 0.2) is 27.4 Å². The maximum absolute atomic E-state index is 12.6. The Balaban J connectivity index is 2.21. The van der Waals surface area contributed by atoms with Crippen molar-refractivity contribution >= 4 is 22.7 Å². The van der Waals surface area contributed by atoms with Crippen LogP contribution in [0.3, 0.4) is 0 Å². The molecule has 1 heterocycles. The summed E-state index contributed by atoms with van der Waals surface area (Å²) >= 11 is 0. The van der Waals surface area contributed by atoms with Crippen molar-refractivity contribution in [1.29, 1.82) is 0 Å². The van der Waals surface area contributed by atoms with E-state index in [0.29, 0.717) is 17.6 Å². The van der Waals surface area contributed by atoms with Crippen LogP contribution < -0.4 is 10.5 Å². The van der Waals surface area contributed by atoms with Gasteiger partial charge in [0.25, 0.3) is 0 Å². The molecule has 0 fully saturated rings. The van der Waals surface area contributed by atoms with Gasteiger partial charge in [0.1, 0.15) is 5.58 Å². The number of anilines is 1. The molecule has 0 spiro atoms. The van der Waals surface area contributed by atoms with Crippen LogP contribution in [-0.4, -0.2) is 42.8 Å². The van der Waals surface area contributed by atoms with E-state index in [1.54, 1.807) is 4.90 Å². The molecule has 2 aromatic rings. The maximum atomic E-state index is 12.6. The lowest BCUT2D eigenvalue weighted by molar-refractivity contribution is 0.0799. The average Bonchev–Trinajstić information content (AvgIpc) is 2.64. The predicted molar refractivity (Wildman–Crippen MR) is 118 cm³/mol. The van der Waals surface area contributed by atoms with Crippen LogP contribution in [0.1, 0.15) is 52.7 Å². The lowest BCUT2D eigenvalue weighted by Gasteiger charge is -2.29. The summed E-state index contributed by atoms with van der Waals surface area (Å²) in [4.78, 5) is 28.8. The third-order valence-electron chi connectivity index (χ3n) is 5.30. The van der Waals surface area contributed by atoms with E-state index >= 15 is 0 Å². The van der Waals surface area contributed by atoms with Crippen molar-refractivity contribution in [3.05, 3.63) is 39.7 Å². The Kier molecular flexibility index (Phi) is 7.71.